The maximum atomic E-state index is 12.8. The number of hydrogen-bond acceptors (Lipinski definition) is 5. The van der Waals surface area contributed by atoms with Crippen LogP contribution in [-0.4, -0.2) is 34.8 Å². The summed E-state index contributed by atoms with van der Waals surface area (Å²) >= 11 is 6.12. The third-order valence-corrected chi connectivity index (χ3v) is 6.02. The van der Waals surface area contributed by atoms with Crippen LogP contribution in [0.25, 0.3) is 0 Å². The zero-order valence-electron chi connectivity index (χ0n) is 18.4. The van der Waals surface area contributed by atoms with Crippen LogP contribution in [0.5, 0.6) is 0 Å². The average Bonchev–Trinajstić information content (AvgIpc) is 3.08. The first kappa shape index (κ1) is 23.7. The Morgan fingerprint density at radius 1 is 1.06 bits per heavy atom. The number of imide groups is 1. The Kier molecular flexibility index (Phi) is 6.36. The SMILES string of the molecule is Cc1cccc(Cl)c1C(=O)NC(Cc1ccc(N2C(=O)c3ccc(C#N)cc3C2=O)cc1)C(=O)O. The number of aryl methyl sites for hydroxylation is 1. The molecular formula is C26H18ClN3O5. The fourth-order valence-electron chi connectivity index (χ4n) is 3.91. The van der Waals surface area contributed by atoms with Crippen LogP contribution in [-0.2, 0) is 11.2 Å². The summed E-state index contributed by atoms with van der Waals surface area (Å²) in [5.41, 5.74) is 2.34. The van der Waals surface area contributed by atoms with Gasteiger partial charge in [0.1, 0.15) is 6.04 Å². The molecule has 0 bridgehead atoms. The second kappa shape index (κ2) is 9.41. The van der Waals surface area contributed by atoms with Gasteiger partial charge in [0, 0.05) is 6.42 Å². The Morgan fingerprint density at radius 2 is 1.74 bits per heavy atom. The number of anilines is 1. The molecule has 1 atom stereocenters. The number of aliphatic carboxylic acids is 1. The zero-order chi connectivity index (χ0) is 25.3. The van der Waals surface area contributed by atoms with E-state index in [-0.39, 0.29) is 33.7 Å². The Bertz CT molecular complexity index is 1410. The van der Waals surface area contributed by atoms with E-state index in [1.165, 1.54) is 30.3 Å². The van der Waals surface area contributed by atoms with Gasteiger partial charge in [-0.15, -0.1) is 0 Å². The third-order valence-electron chi connectivity index (χ3n) is 5.70. The van der Waals surface area contributed by atoms with Crippen molar-refractivity contribution in [3.05, 3.63) is 99.1 Å². The maximum Gasteiger partial charge on any atom is 0.326 e. The summed E-state index contributed by atoms with van der Waals surface area (Å²) in [6.45, 7) is 1.70. The predicted octanol–water partition coefficient (Wildman–Crippen LogP) is 3.75. The standard InChI is InChI=1S/C26H18ClN3O5/c1-14-3-2-4-20(27)22(14)23(31)29-21(26(34)35)12-15-5-8-17(9-6-15)30-24(32)18-10-7-16(13-28)11-19(18)25(30)33/h2-11,21H,12H2,1H3,(H,29,31)(H,34,35). The topological polar surface area (TPSA) is 128 Å². The van der Waals surface area contributed by atoms with E-state index in [2.05, 4.69) is 5.32 Å². The van der Waals surface area contributed by atoms with E-state index in [1.54, 1.807) is 37.3 Å². The third kappa shape index (κ3) is 4.50. The van der Waals surface area contributed by atoms with Gasteiger partial charge >= 0.3 is 5.97 Å². The summed E-state index contributed by atoms with van der Waals surface area (Å²) < 4.78 is 0. The quantitative estimate of drug-likeness (QED) is 0.510. The van der Waals surface area contributed by atoms with Gasteiger partial charge in [0.2, 0.25) is 0 Å². The molecule has 3 aromatic carbocycles. The highest BCUT2D eigenvalue weighted by atomic mass is 35.5. The highest BCUT2D eigenvalue weighted by molar-refractivity contribution is 6.35. The molecule has 1 aliphatic heterocycles. The lowest BCUT2D eigenvalue weighted by Gasteiger charge is -2.17. The number of fused-ring (bicyclic) bond motifs is 1. The first-order chi connectivity index (χ1) is 16.7. The Balaban J connectivity index is 1.52. The molecule has 0 saturated heterocycles. The summed E-state index contributed by atoms with van der Waals surface area (Å²) in [7, 11) is 0. The molecule has 0 spiro atoms. The van der Waals surface area contributed by atoms with E-state index in [1.807, 2.05) is 6.07 Å². The van der Waals surface area contributed by atoms with E-state index in [0.717, 1.165) is 4.90 Å². The van der Waals surface area contributed by atoms with Crippen LogP contribution in [0.4, 0.5) is 5.69 Å². The van der Waals surface area contributed by atoms with Crippen molar-refractivity contribution in [3.63, 3.8) is 0 Å². The van der Waals surface area contributed by atoms with Crippen LogP contribution < -0.4 is 10.2 Å². The van der Waals surface area contributed by atoms with Gasteiger partial charge in [-0.25, -0.2) is 9.69 Å². The van der Waals surface area contributed by atoms with Gasteiger partial charge in [0.05, 0.1) is 39.0 Å². The number of carbonyl (C=O) groups excluding carboxylic acids is 3. The monoisotopic (exact) mass is 487 g/mol. The molecule has 35 heavy (non-hydrogen) atoms. The average molecular weight is 488 g/mol. The molecule has 0 fully saturated rings. The predicted molar refractivity (Wildman–Crippen MR) is 128 cm³/mol. The first-order valence-corrected chi connectivity index (χ1v) is 10.9. The van der Waals surface area contributed by atoms with Crippen LogP contribution in [0, 0.1) is 18.3 Å². The number of benzene rings is 3. The molecule has 2 N–H and O–H groups in total. The zero-order valence-corrected chi connectivity index (χ0v) is 19.2. The molecule has 0 aromatic heterocycles. The summed E-state index contributed by atoms with van der Waals surface area (Å²) in [5.74, 6) is -2.87. The molecule has 1 heterocycles. The molecule has 3 amide bonds. The smallest absolute Gasteiger partial charge is 0.326 e. The van der Waals surface area contributed by atoms with Crippen molar-refractivity contribution in [1.82, 2.24) is 5.32 Å². The van der Waals surface area contributed by atoms with Gasteiger partial charge in [0.15, 0.2) is 0 Å². The highest BCUT2D eigenvalue weighted by Crippen LogP contribution is 2.29. The van der Waals surface area contributed by atoms with Crippen molar-refractivity contribution in [3.8, 4) is 6.07 Å². The van der Waals surface area contributed by atoms with Crippen LogP contribution >= 0.6 is 11.6 Å². The normalized spacial score (nSPS) is 13.2. The van der Waals surface area contributed by atoms with Crippen molar-refractivity contribution >= 4 is 41.0 Å². The number of nitrogens with zero attached hydrogens (tertiary/aromatic N) is 2. The molecule has 0 aliphatic carbocycles. The van der Waals surface area contributed by atoms with E-state index in [9.17, 15) is 24.3 Å². The number of rotatable bonds is 6. The molecule has 174 valence electrons. The second-order valence-corrected chi connectivity index (χ2v) is 8.39. The number of nitriles is 1. The summed E-state index contributed by atoms with van der Waals surface area (Å²) in [4.78, 5) is 51.1. The van der Waals surface area contributed by atoms with Crippen LogP contribution in [0.1, 0.15) is 47.8 Å². The molecule has 0 saturated carbocycles. The van der Waals surface area contributed by atoms with Crippen molar-refractivity contribution in [1.29, 1.82) is 5.26 Å². The van der Waals surface area contributed by atoms with Crippen LogP contribution in [0.15, 0.2) is 60.7 Å². The van der Waals surface area contributed by atoms with Gasteiger partial charge < -0.3 is 10.4 Å². The lowest BCUT2D eigenvalue weighted by Crippen LogP contribution is -2.42. The molecular weight excluding hydrogens is 470 g/mol. The fraction of sp³-hybridized carbons (Fsp3) is 0.115. The lowest BCUT2D eigenvalue weighted by molar-refractivity contribution is -0.139. The summed E-state index contributed by atoms with van der Waals surface area (Å²) in [6, 6.07) is 16.2. The molecule has 3 aromatic rings. The number of halogens is 1. The largest absolute Gasteiger partial charge is 0.480 e. The van der Waals surface area contributed by atoms with E-state index < -0.39 is 29.7 Å². The van der Waals surface area contributed by atoms with Crippen molar-refractivity contribution in [2.45, 2.75) is 19.4 Å². The van der Waals surface area contributed by atoms with E-state index in [4.69, 9.17) is 16.9 Å². The van der Waals surface area contributed by atoms with Crippen molar-refractivity contribution in [2.75, 3.05) is 4.90 Å². The number of carboxylic acid groups (broad SMARTS) is 1. The first-order valence-electron chi connectivity index (χ1n) is 10.5. The van der Waals surface area contributed by atoms with Gasteiger partial charge in [0.25, 0.3) is 17.7 Å². The minimum atomic E-state index is -1.23. The second-order valence-electron chi connectivity index (χ2n) is 7.98. The number of amides is 3. The Hall–Kier alpha value is -4.48. The van der Waals surface area contributed by atoms with Gasteiger partial charge in [-0.05, 0) is 54.4 Å². The van der Waals surface area contributed by atoms with Crippen molar-refractivity contribution < 1.29 is 24.3 Å². The Morgan fingerprint density at radius 3 is 2.37 bits per heavy atom. The number of hydrogen-bond donors (Lipinski definition) is 2. The molecule has 1 aliphatic rings. The fourth-order valence-corrected chi connectivity index (χ4v) is 4.22. The molecule has 8 nitrogen and oxygen atoms in total. The van der Waals surface area contributed by atoms with E-state index >= 15 is 0 Å². The number of carbonyl (C=O) groups is 4. The van der Waals surface area contributed by atoms with E-state index in [0.29, 0.717) is 16.8 Å². The van der Waals surface area contributed by atoms with Crippen LogP contribution in [0.2, 0.25) is 5.02 Å². The Labute approximate surface area is 205 Å². The minimum Gasteiger partial charge on any atom is -0.480 e. The highest BCUT2D eigenvalue weighted by Gasteiger charge is 2.36. The molecule has 0 radical (unpaired) electrons. The van der Waals surface area contributed by atoms with Gasteiger partial charge in [-0.2, -0.15) is 5.26 Å². The number of carboxylic acids is 1. The maximum absolute atomic E-state index is 12.8. The molecule has 9 heteroatoms. The number of nitrogens with one attached hydrogen (secondary N) is 1. The molecule has 4 rings (SSSR count). The van der Waals surface area contributed by atoms with Crippen LogP contribution in [0.3, 0.4) is 0 Å². The summed E-state index contributed by atoms with van der Waals surface area (Å²) in [6.07, 6.45) is -0.0293. The summed E-state index contributed by atoms with van der Waals surface area (Å²) in [5, 5.41) is 21.4. The lowest BCUT2D eigenvalue weighted by atomic mass is 10.0. The van der Waals surface area contributed by atoms with Crippen molar-refractivity contribution in [2.24, 2.45) is 0 Å². The van der Waals surface area contributed by atoms with Gasteiger partial charge in [-0.3, -0.25) is 14.4 Å². The molecule has 1 unspecified atom stereocenters. The van der Waals surface area contributed by atoms with Gasteiger partial charge in [-0.1, -0.05) is 35.9 Å². The minimum absolute atomic E-state index is 0.0293.